The molecule has 2 aromatic carbocycles. The van der Waals surface area contributed by atoms with Gasteiger partial charge in [0.15, 0.2) is 5.82 Å². The number of amides is 1. The standard InChI is InChI=1S/C23H27N3O4/c1-15(2)23-25-21(26-30-23)14-16-8-10-17(11-9-16)24-22(27)13-12-18-19(28-3)6-5-7-20(18)29-4/h5-11,15H,12-14H2,1-4H3,(H,24,27). The van der Waals surface area contributed by atoms with Gasteiger partial charge in [0.25, 0.3) is 0 Å². The van der Waals surface area contributed by atoms with Gasteiger partial charge in [-0.2, -0.15) is 4.98 Å². The molecule has 30 heavy (non-hydrogen) atoms. The number of carbonyl (C=O) groups excluding carboxylic acids is 1. The summed E-state index contributed by atoms with van der Waals surface area (Å²) in [7, 11) is 3.22. The lowest BCUT2D eigenvalue weighted by atomic mass is 10.1. The van der Waals surface area contributed by atoms with E-state index in [1.807, 2.05) is 56.3 Å². The van der Waals surface area contributed by atoms with E-state index in [9.17, 15) is 4.79 Å². The quantitative estimate of drug-likeness (QED) is 0.565. The van der Waals surface area contributed by atoms with E-state index in [1.54, 1.807) is 14.2 Å². The van der Waals surface area contributed by atoms with Crippen LogP contribution in [0.15, 0.2) is 47.0 Å². The average molecular weight is 409 g/mol. The summed E-state index contributed by atoms with van der Waals surface area (Å²) in [5.74, 6) is 2.86. The minimum absolute atomic E-state index is 0.0737. The zero-order chi connectivity index (χ0) is 21.5. The lowest BCUT2D eigenvalue weighted by Gasteiger charge is -2.13. The van der Waals surface area contributed by atoms with Crippen LogP contribution in [0.5, 0.6) is 11.5 Å². The zero-order valence-corrected chi connectivity index (χ0v) is 17.8. The summed E-state index contributed by atoms with van der Waals surface area (Å²) in [6.45, 7) is 4.03. The number of hydrogen-bond donors (Lipinski definition) is 1. The van der Waals surface area contributed by atoms with Gasteiger partial charge in [-0.3, -0.25) is 4.79 Å². The minimum Gasteiger partial charge on any atom is -0.496 e. The number of methoxy groups -OCH3 is 2. The van der Waals surface area contributed by atoms with E-state index in [0.717, 1.165) is 16.8 Å². The number of aromatic nitrogens is 2. The maximum Gasteiger partial charge on any atom is 0.229 e. The summed E-state index contributed by atoms with van der Waals surface area (Å²) in [6.07, 6.45) is 1.42. The lowest BCUT2D eigenvalue weighted by Crippen LogP contribution is -2.13. The lowest BCUT2D eigenvalue weighted by molar-refractivity contribution is -0.116. The van der Waals surface area contributed by atoms with Crippen molar-refractivity contribution in [3.05, 3.63) is 65.3 Å². The van der Waals surface area contributed by atoms with Crippen molar-refractivity contribution in [2.75, 3.05) is 19.5 Å². The van der Waals surface area contributed by atoms with E-state index in [4.69, 9.17) is 14.0 Å². The fourth-order valence-corrected chi connectivity index (χ4v) is 3.10. The Morgan fingerprint density at radius 2 is 1.73 bits per heavy atom. The molecule has 0 aliphatic heterocycles. The van der Waals surface area contributed by atoms with E-state index in [2.05, 4.69) is 15.5 Å². The second-order valence-corrected chi connectivity index (χ2v) is 7.27. The van der Waals surface area contributed by atoms with Crippen LogP contribution in [0.1, 0.15) is 49.0 Å². The maximum absolute atomic E-state index is 12.4. The Morgan fingerprint density at radius 1 is 1.07 bits per heavy atom. The first-order chi connectivity index (χ1) is 14.5. The first-order valence-corrected chi connectivity index (χ1v) is 9.91. The van der Waals surface area contributed by atoms with Crippen LogP contribution >= 0.6 is 0 Å². The molecule has 0 radical (unpaired) electrons. The Morgan fingerprint density at radius 3 is 2.30 bits per heavy atom. The van der Waals surface area contributed by atoms with Gasteiger partial charge in [0.05, 0.1) is 14.2 Å². The molecular formula is C23H27N3O4. The van der Waals surface area contributed by atoms with Gasteiger partial charge >= 0.3 is 0 Å². The topological polar surface area (TPSA) is 86.5 Å². The zero-order valence-electron chi connectivity index (χ0n) is 17.8. The molecule has 1 heterocycles. The summed E-state index contributed by atoms with van der Waals surface area (Å²) in [5, 5.41) is 6.94. The van der Waals surface area contributed by atoms with Crippen molar-refractivity contribution < 1.29 is 18.8 Å². The van der Waals surface area contributed by atoms with Crippen molar-refractivity contribution in [2.24, 2.45) is 0 Å². The Labute approximate surface area is 176 Å². The van der Waals surface area contributed by atoms with E-state index in [1.165, 1.54) is 0 Å². The van der Waals surface area contributed by atoms with Crippen molar-refractivity contribution in [3.8, 4) is 11.5 Å². The van der Waals surface area contributed by atoms with Gasteiger partial charge in [0.2, 0.25) is 11.8 Å². The van der Waals surface area contributed by atoms with Gasteiger partial charge < -0.3 is 19.3 Å². The summed E-state index contributed by atoms with van der Waals surface area (Å²) >= 11 is 0. The third-order valence-electron chi connectivity index (χ3n) is 4.71. The summed E-state index contributed by atoms with van der Waals surface area (Å²) in [5.41, 5.74) is 2.67. The molecule has 0 unspecified atom stereocenters. The third kappa shape index (κ3) is 5.37. The third-order valence-corrected chi connectivity index (χ3v) is 4.71. The van der Waals surface area contributed by atoms with Crippen LogP contribution in [-0.4, -0.2) is 30.3 Å². The van der Waals surface area contributed by atoms with Crippen LogP contribution in [0, 0.1) is 0 Å². The molecule has 0 saturated carbocycles. The first-order valence-electron chi connectivity index (χ1n) is 9.91. The number of nitrogens with zero attached hydrogens (tertiary/aromatic N) is 2. The number of benzene rings is 2. The van der Waals surface area contributed by atoms with Crippen LogP contribution < -0.4 is 14.8 Å². The van der Waals surface area contributed by atoms with Crippen LogP contribution in [0.4, 0.5) is 5.69 Å². The fourth-order valence-electron chi connectivity index (χ4n) is 3.10. The van der Waals surface area contributed by atoms with Crippen LogP contribution in [-0.2, 0) is 17.6 Å². The molecule has 1 amide bonds. The van der Waals surface area contributed by atoms with Crippen LogP contribution in [0.2, 0.25) is 0 Å². The highest BCUT2D eigenvalue weighted by Crippen LogP contribution is 2.29. The second kappa shape index (κ2) is 9.91. The second-order valence-electron chi connectivity index (χ2n) is 7.27. The number of carbonyl (C=O) groups is 1. The molecule has 7 nitrogen and oxygen atoms in total. The number of rotatable bonds is 9. The normalized spacial score (nSPS) is 10.8. The highest BCUT2D eigenvalue weighted by Gasteiger charge is 2.13. The smallest absolute Gasteiger partial charge is 0.229 e. The Kier molecular flexibility index (Phi) is 7.06. The van der Waals surface area contributed by atoms with Gasteiger partial charge in [-0.15, -0.1) is 0 Å². The maximum atomic E-state index is 12.4. The van der Waals surface area contributed by atoms with Crippen molar-refractivity contribution in [3.63, 3.8) is 0 Å². The van der Waals surface area contributed by atoms with Crippen LogP contribution in [0.25, 0.3) is 0 Å². The molecule has 0 atom stereocenters. The predicted octanol–water partition coefficient (Wildman–Crippen LogP) is 4.37. The molecule has 3 aromatic rings. The summed E-state index contributed by atoms with van der Waals surface area (Å²) in [4.78, 5) is 16.8. The van der Waals surface area contributed by atoms with E-state index >= 15 is 0 Å². The van der Waals surface area contributed by atoms with Crippen molar-refractivity contribution in [1.82, 2.24) is 10.1 Å². The van der Waals surface area contributed by atoms with E-state index in [0.29, 0.717) is 42.5 Å². The Balaban J connectivity index is 1.56. The minimum atomic E-state index is -0.0737. The van der Waals surface area contributed by atoms with Crippen LogP contribution in [0.3, 0.4) is 0 Å². The molecule has 3 rings (SSSR count). The molecule has 0 aliphatic rings. The molecular weight excluding hydrogens is 382 g/mol. The van der Waals surface area contributed by atoms with Gasteiger partial charge in [0, 0.05) is 30.0 Å². The van der Waals surface area contributed by atoms with Crippen molar-refractivity contribution in [1.29, 1.82) is 0 Å². The fraction of sp³-hybridized carbons (Fsp3) is 0.348. The molecule has 0 bridgehead atoms. The molecule has 0 saturated heterocycles. The summed E-state index contributed by atoms with van der Waals surface area (Å²) in [6, 6.07) is 13.2. The molecule has 0 aliphatic carbocycles. The van der Waals surface area contributed by atoms with Gasteiger partial charge in [-0.05, 0) is 36.2 Å². The highest BCUT2D eigenvalue weighted by molar-refractivity contribution is 5.90. The van der Waals surface area contributed by atoms with Gasteiger partial charge in [-0.1, -0.05) is 37.2 Å². The first kappa shape index (κ1) is 21.4. The van der Waals surface area contributed by atoms with Gasteiger partial charge in [-0.25, -0.2) is 0 Å². The SMILES string of the molecule is COc1cccc(OC)c1CCC(=O)Nc1ccc(Cc2noc(C(C)C)n2)cc1. The average Bonchev–Trinajstić information content (AvgIpc) is 3.22. The van der Waals surface area contributed by atoms with Crippen molar-refractivity contribution >= 4 is 11.6 Å². The number of ether oxygens (including phenoxy) is 2. The van der Waals surface area contributed by atoms with Crippen molar-refractivity contribution in [2.45, 2.75) is 39.0 Å². The number of anilines is 1. The summed E-state index contributed by atoms with van der Waals surface area (Å²) < 4.78 is 16.0. The number of nitrogens with one attached hydrogen (secondary N) is 1. The molecule has 1 N–H and O–H groups in total. The van der Waals surface area contributed by atoms with Gasteiger partial charge in [0.1, 0.15) is 11.5 Å². The molecule has 1 aromatic heterocycles. The largest absolute Gasteiger partial charge is 0.496 e. The highest BCUT2D eigenvalue weighted by atomic mass is 16.5. The number of hydrogen-bond acceptors (Lipinski definition) is 6. The molecule has 158 valence electrons. The molecule has 7 heteroatoms. The monoisotopic (exact) mass is 409 g/mol. The van der Waals surface area contributed by atoms with E-state index in [-0.39, 0.29) is 11.8 Å². The molecule has 0 spiro atoms. The Bertz CT molecular complexity index is 958. The predicted molar refractivity (Wildman–Crippen MR) is 114 cm³/mol. The van der Waals surface area contributed by atoms with E-state index < -0.39 is 0 Å². The Hall–Kier alpha value is -3.35. The molecule has 0 fully saturated rings.